The molecule has 0 unspecified atom stereocenters. The van der Waals surface area contributed by atoms with Gasteiger partial charge in [0.1, 0.15) is 0 Å². The monoisotopic (exact) mass is 342 g/mol. The third-order valence-corrected chi connectivity index (χ3v) is 8.34. The van der Waals surface area contributed by atoms with E-state index in [0.29, 0.717) is 36.6 Å². The Bertz CT molecular complexity index is 571. The van der Waals surface area contributed by atoms with Gasteiger partial charge < -0.3 is 0 Å². The predicted molar refractivity (Wildman–Crippen MR) is 95.3 cm³/mol. The summed E-state index contributed by atoms with van der Waals surface area (Å²) in [7, 11) is -1.03. The zero-order valence-corrected chi connectivity index (χ0v) is 15.0. The van der Waals surface area contributed by atoms with Crippen molar-refractivity contribution < 1.29 is 19.5 Å². The molecule has 0 spiro atoms. The van der Waals surface area contributed by atoms with Crippen LogP contribution in [-0.4, -0.2) is 52.5 Å². The number of carbonyl (C=O) groups is 1. The van der Waals surface area contributed by atoms with Gasteiger partial charge >= 0.3 is 137 Å². The summed E-state index contributed by atoms with van der Waals surface area (Å²) in [5, 5.41) is 10.3. The number of hydrogen-bond acceptors (Lipinski definition) is 4. The average Bonchev–Trinajstić information content (AvgIpc) is 2.49. The molecule has 0 saturated carbocycles. The van der Waals surface area contributed by atoms with Gasteiger partial charge in [0.25, 0.3) is 0 Å². The first-order valence-corrected chi connectivity index (χ1v) is 10.3. The second kappa shape index (κ2) is 6.93. The number of carboxylic acid groups (broad SMARTS) is 1. The Hall–Kier alpha value is -1.52. The molecule has 130 valence electrons. The molecule has 7 heteroatoms. The quantitative estimate of drug-likeness (QED) is 0.575. The minimum atomic E-state index is -2.60. The molecule has 0 bridgehead atoms. The number of hydrogen-bond donors (Lipinski definition) is 3. The van der Waals surface area contributed by atoms with E-state index in [1.165, 1.54) is 4.90 Å². The topological polar surface area (TPSA) is 96.0 Å². The molecular weight excluding hydrogens is 315 g/mol. The van der Waals surface area contributed by atoms with Crippen molar-refractivity contribution in [2.45, 2.75) is 38.8 Å². The van der Waals surface area contributed by atoms with Crippen LogP contribution >= 0.6 is 7.49 Å². The molecule has 1 amide bonds. The Morgan fingerprint density at radius 1 is 1.39 bits per heavy atom. The summed E-state index contributed by atoms with van der Waals surface area (Å²) >= 11 is 0. The van der Waals surface area contributed by atoms with Crippen molar-refractivity contribution in [2.75, 3.05) is 25.2 Å². The number of ether oxygens (including phenoxy) is 1. The second-order valence-corrected chi connectivity index (χ2v) is 10.1. The van der Waals surface area contributed by atoms with Crippen LogP contribution in [0.2, 0.25) is 0 Å². The molecule has 23 heavy (non-hydrogen) atoms. The van der Waals surface area contributed by atoms with Crippen LogP contribution < -0.4 is 15.8 Å². The number of amides is 1. The van der Waals surface area contributed by atoms with Crippen LogP contribution in [0, 0.1) is 0 Å². The second-order valence-electron chi connectivity index (χ2n) is 6.50. The third kappa shape index (κ3) is 3.70. The SMILES string of the molecule is COc1cc([PH]2(O)CCC(N(C(=O)O)C(C)C)CC2)ccc1N. The van der Waals surface area contributed by atoms with Crippen LogP contribution in [0.4, 0.5) is 10.5 Å². The van der Waals surface area contributed by atoms with Crippen molar-refractivity contribution in [3.63, 3.8) is 0 Å². The van der Waals surface area contributed by atoms with E-state index in [1.807, 2.05) is 26.0 Å². The van der Waals surface area contributed by atoms with Crippen molar-refractivity contribution in [3.05, 3.63) is 18.2 Å². The summed E-state index contributed by atoms with van der Waals surface area (Å²) in [6, 6.07) is 5.40. The normalized spacial score (nSPS) is 21.7. The van der Waals surface area contributed by atoms with Crippen LogP contribution in [0.15, 0.2) is 18.2 Å². The van der Waals surface area contributed by atoms with E-state index in [1.54, 1.807) is 13.2 Å². The first kappa shape index (κ1) is 17.8. The summed E-state index contributed by atoms with van der Waals surface area (Å²) in [4.78, 5) is 24.1. The number of nitrogens with two attached hydrogens (primary N) is 1. The van der Waals surface area contributed by atoms with Crippen LogP contribution in [0.1, 0.15) is 26.7 Å². The molecule has 1 aromatic carbocycles. The summed E-state index contributed by atoms with van der Waals surface area (Å²) in [5.74, 6) is 0.583. The molecule has 0 aliphatic carbocycles. The molecule has 1 aliphatic rings. The molecule has 0 atom stereocenters. The molecule has 1 aliphatic heterocycles. The van der Waals surface area contributed by atoms with Gasteiger partial charge in [0.15, 0.2) is 0 Å². The Kier molecular flexibility index (Phi) is 5.37. The van der Waals surface area contributed by atoms with Gasteiger partial charge in [-0.05, 0) is 0 Å². The van der Waals surface area contributed by atoms with Crippen molar-refractivity contribution in [1.82, 2.24) is 4.90 Å². The van der Waals surface area contributed by atoms with E-state index < -0.39 is 13.6 Å². The number of nitrogen functional groups attached to an aromatic ring is 1. The first-order chi connectivity index (χ1) is 10.8. The van der Waals surface area contributed by atoms with Crippen molar-refractivity contribution in [3.8, 4) is 5.75 Å². The molecule has 6 nitrogen and oxygen atoms in total. The molecule has 0 aromatic heterocycles. The zero-order chi connectivity index (χ0) is 17.2. The molecule has 1 fully saturated rings. The summed E-state index contributed by atoms with van der Waals surface area (Å²) in [5.41, 5.74) is 6.39. The Labute approximate surface area is 137 Å². The van der Waals surface area contributed by atoms with Crippen LogP contribution in [0.3, 0.4) is 0 Å². The number of methoxy groups -OCH3 is 1. The van der Waals surface area contributed by atoms with Crippen LogP contribution in [0.5, 0.6) is 5.75 Å². The average molecular weight is 342 g/mol. The maximum absolute atomic E-state index is 11.4. The predicted octanol–water partition coefficient (Wildman–Crippen LogP) is 2.11. The molecule has 1 aromatic rings. The number of benzene rings is 1. The van der Waals surface area contributed by atoms with E-state index in [-0.39, 0.29) is 12.1 Å². The van der Waals surface area contributed by atoms with Gasteiger partial charge in [-0.1, -0.05) is 0 Å². The fourth-order valence-corrected chi connectivity index (χ4v) is 6.69. The Balaban J connectivity index is 2.15. The van der Waals surface area contributed by atoms with Gasteiger partial charge in [0.05, 0.1) is 0 Å². The van der Waals surface area contributed by atoms with E-state index in [2.05, 4.69) is 0 Å². The van der Waals surface area contributed by atoms with Gasteiger partial charge in [0, 0.05) is 0 Å². The van der Waals surface area contributed by atoms with Gasteiger partial charge in [-0.15, -0.1) is 0 Å². The Morgan fingerprint density at radius 3 is 2.48 bits per heavy atom. The molecule has 0 radical (unpaired) electrons. The maximum atomic E-state index is 11.4. The summed E-state index contributed by atoms with van der Waals surface area (Å²) < 4.78 is 5.24. The minimum absolute atomic E-state index is 0.0176. The standard InChI is InChI=1S/C16H27N2O4P/c1-11(2)18(16(19)20)12-6-8-23(21,9-7-12)13-4-5-14(17)15(10-13)22-3/h4-5,10-12,21,23H,6-9,17H2,1-3H3,(H,19,20). The van der Waals surface area contributed by atoms with E-state index in [9.17, 15) is 14.8 Å². The van der Waals surface area contributed by atoms with Crippen molar-refractivity contribution in [1.29, 1.82) is 0 Å². The molecule has 4 N–H and O–H groups in total. The number of nitrogens with zero attached hydrogens (tertiary/aromatic N) is 1. The van der Waals surface area contributed by atoms with Gasteiger partial charge in [-0.3, -0.25) is 0 Å². The molecular formula is C16H27N2O4P. The zero-order valence-electron chi connectivity index (χ0n) is 14.0. The third-order valence-electron chi connectivity index (χ3n) is 4.72. The Morgan fingerprint density at radius 2 is 2.00 bits per heavy atom. The summed E-state index contributed by atoms with van der Waals surface area (Å²) in [6.07, 6.45) is 1.81. The first-order valence-electron chi connectivity index (χ1n) is 7.96. The number of anilines is 1. The number of rotatable bonds is 4. The van der Waals surface area contributed by atoms with E-state index in [0.717, 1.165) is 5.30 Å². The van der Waals surface area contributed by atoms with E-state index >= 15 is 0 Å². The van der Waals surface area contributed by atoms with Gasteiger partial charge in [-0.2, -0.15) is 0 Å². The fourth-order valence-electron chi connectivity index (χ4n) is 3.45. The van der Waals surface area contributed by atoms with Gasteiger partial charge in [0.2, 0.25) is 0 Å². The van der Waals surface area contributed by atoms with Crippen molar-refractivity contribution >= 4 is 24.6 Å². The molecule has 1 saturated heterocycles. The van der Waals surface area contributed by atoms with E-state index in [4.69, 9.17) is 10.5 Å². The van der Waals surface area contributed by atoms with Crippen LogP contribution in [0.25, 0.3) is 0 Å². The van der Waals surface area contributed by atoms with Crippen molar-refractivity contribution in [2.24, 2.45) is 0 Å². The summed E-state index contributed by atoms with van der Waals surface area (Å²) in [6.45, 7) is 3.77. The fraction of sp³-hybridized carbons (Fsp3) is 0.562. The molecule has 1 heterocycles. The molecule has 2 rings (SSSR count). The van der Waals surface area contributed by atoms with Crippen LogP contribution in [-0.2, 0) is 0 Å². The van der Waals surface area contributed by atoms with Gasteiger partial charge in [-0.25, -0.2) is 0 Å².